The lowest BCUT2D eigenvalue weighted by Crippen LogP contribution is -2.57. The molecule has 3 N–H and O–H groups in total. The fourth-order valence-electron chi connectivity index (χ4n) is 2.84. The minimum absolute atomic E-state index is 0.161. The van der Waals surface area contributed by atoms with Gasteiger partial charge < -0.3 is 15.6 Å². The summed E-state index contributed by atoms with van der Waals surface area (Å²) in [4.78, 5) is 31.8. The zero-order valence-corrected chi connectivity index (χ0v) is 14.2. The first-order valence-corrected chi connectivity index (χ1v) is 8.03. The Morgan fingerprint density at radius 3 is 2.52 bits per heavy atom. The molecule has 0 bridgehead atoms. The molecule has 140 valence electrons. The van der Waals surface area contributed by atoms with Crippen LogP contribution in [0.1, 0.15) is 17.1 Å². The smallest absolute Gasteiger partial charge is 0.354 e. The van der Waals surface area contributed by atoms with E-state index in [4.69, 9.17) is 0 Å². The van der Waals surface area contributed by atoms with E-state index >= 15 is 0 Å². The number of piperazine rings is 1. The highest BCUT2D eigenvalue weighted by atomic mass is 19.4. The Morgan fingerprint density at radius 2 is 1.96 bits per heavy atom. The third-order valence-electron chi connectivity index (χ3n) is 4.14. The van der Waals surface area contributed by atoms with Crippen molar-refractivity contribution in [3.8, 4) is 0 Å². The number of amides is 1. The summed E-state index contributed by atoms with van der Waals surface area (Å²) in [5.41, 5.74) is 0.106. The number of hydrogen-bond donors (Lipinski definition) is 3. The van der Waals surface area contributed by atoms with Crippen LogP contribution in [0, 0.1) is 13.8 Å². The monoisotopic (exact) mass is 361 g/mol. The molecular formula is C15H22F3N5O2. The van der Waals surface area contributed by atoms with Crippen molar-refractivity contribution in [3.63, 3.8) is 0 Å². The zero-order chi connectivity index (χ0) is 18.6. The molecule has 1 aromatic rings. The van der Waals surface area contributed by atoms with E-state index in [0.29, 0.717) is 24.6 Å². The standard InChI is InChI=1S/C15H22F3N5O2/c1-9-11(14(25)22-10(2)21-9)7-13(24)20-8-12(15(16,17)18)23-5-3-19-4-6-23/h12,19H,3-8H2,1-2H3,(H,20,24)(H,21,22,25). The number of nitrogens with zero attached hydrogens (tertiary/aromatic N) is 2. The first-order chi connectivity index (χ1) is 11.7. The third kappa shape index (κ3) is 5.27. The number of nitrogens with one attached hydrogen (secondary N) is 3. The summed E-state index contributed by atoms with van der Waals surface area (Å²) >= 11 is 0. The maximum Gasteiger partial charge on any atom is 0.405 e. The molecule has 10 heteroatoms. The molecule has 1 atom stereocenters. The molecule has 0 aliphatic carbocycles. The van der Waals surface area contributed by atoms with Crippen LogP contribution >= 0.6 is 0 Å². The van der Waals surface area contributed by atoms with Crippen LogP contribution in [-0.4, -0.2) is 65.7 Å². The predicted octanol–water partition coefficient (Wildman–Crippen LogP) is -0.118. The van der Waals surface area contributed by atoms with Crippen molar-refractivity contribution in [1.82, 2.24) is 25.5 Å². The molecule has 1 aliphatic rings. The predicted molar refractivity (Wildman–Crippen MR) is 85.3 cm³/mol. The van der Waals surface area contributed by atoms with E-state index in [0.717, 1.165) is 0 Å². The van der Waals surface area contributed by atoms with Gasteiger partial charge in [0, 0.05) is 44.0 Å². The Kier molecular flexibility index (Phi) is 6.17. The van der Waals surface area contributed by atoms with Gasteiger partial charge in [-0.1, -0.05) is 0 Å². The number of hydrogen-bond acceptors (Lipinski definition) is 5. The molecule has 1 saturated heterocycles. The van der Waals surface area contributed by atoms with Crippen LogP contribution in [-0.2, 0) is 11.2 Å². The van der Waals surface area contributed by atoms with E-state index in [9.17, 15) is 22.8 Å². The van der Waals surface area contributed by atoms with Crippen molar-refractivity contribution in [2.45, 2.75) is 32.5 Å². The lowest BCUT2D eigenvalue weighted by molar-refractivity contribution is -0.184. The minimum atomic E-state index is -4.44. The highest BCUT2D eigenvalue weighted by molar-refractivity contribution is 5.78. The summed E-state index contributed by atoms with van der Waals surface area (Å²) in [7, 11) is 0. The number of alkyl halides is 3. The number of carbonyl (C=O) groups excluding carboxylic acids is 1. The van der Waals surface area contributed by atoms with Gasteiger partial charge in [-0.05, 0) is 13.8 Å². The van der Waals surface area contributed by atoms with Crippen LogP contribution in [0.4, 0.5) is 13.2 Å². The fraction of sp³-hybridized carbons (Fsp3) is 0.667. The first-order valence-electron chi connectivity index (χ1n) is 8.03. The number of halogens is 3. The van der Waals surface area contributed by atoms with E-state index < -0.39 is 30.2 Å². The summed E-state index contributed by atoms with van der Waals surface area (Å²) in [6.45, 7) is 4.14. The number of aryl methyl sites for hydroxylation is 2. The molecule has 1 aliphatic heterocycles. The van der Waals surface area contributed by atoms with E-state index in [1.54, 1.807) is 13.8 Å². The third-order valence-corrected chi connectivity index (χ3v) is 4.14. The normalized spacial score (nSPS) is 17.3. The lowest BCUT2D eigenvalue weighted by atomic mass is 10.1. The Balaban J connectivity index is 2.00. The molecule has 1 unspecified atom stereocenters. The maximum absolute atomic E-state index is 13.3. The van der Waals surface area contributed by atoms with E-state index in [1.807, 2.05) is 0 Å². The van der Waals surface area contributed by atoms with E-state index in [1.165, 1.54) is 4.90 Å². The van der Waals surface area contributed by atoms with Gasteiger partial charge in [0.2, 0.25) is 5.91 Å². The molecule has 7 nitrogen and oxygen atoms in total. The Hall–Kier alpha value is -1.94. The summed E-state index contributed by atoms with van der Waals surface area (Å²) < 4.78 is 39.8. The zero-order valence-electron chi connectivity index (χ0n) is 14.2. The second-order valence-electron chi connectivity index (χ2n) is 6.04. The van der Waals surface area contributed by atoms with Crippen LogP contribution in [0.15, 0.2) is 4.79 Å². The second kappa shape index (κ2) is 7.96. The number of rotatable bonds is 5. The van der Waals surface area contributed by atoms with Crippen molar-refractivity contribution in [1.29, 1.82) is 0 Å². The van der Waals surface area contributed by atoms with Crippen LogP contribution in [0.2, 0.25) is 0 Å². The largest absolute Gasteiger partial charge is 0.405 e. The molecule has 0 saturated carbocycles. The first kappa shape index (κ1) is 19.4. The molecule has 1 amide bonds. The number of carbonyl (C=O) groups is 1. The minimum Gasteiger partial charge on any atom is -0.354 e. The van der Waals surface area contributed by atoms with Gasteiger partial charge in [0.25, 0.3) is 5.56 Å². The van der Waals surface area contributed by atoms with E-state index in [-0.39, 0.29) is 25.1 Å². The molecule has 1 fully saturated rings. The van der Waals surface area contributed by atoms with Crippen molar-refractivity contribution in [2.24, 2.45) is 0 Å². The maximum atomic E-state index is 13.3. The van der Waals surface area contributed by atoms with Crippen LogP contribution in [0.25, 0.3) is 0 Å². The average Bonchev–Trinajstić information content (AvgIpc) is 2.51. The molecule has 2 rings (SSSR count). The Bertz CT molecular complexity index is 668. The lowest BCUT2D eigenvalue weighted by Gasteiger charge is -2.35. The summed E-state index contributed by atoms with van der Waals surface area (Å²) in [5, 5.41) is 5.30. The highest BCUT2D eigenvalue weighted by Crippen LogP contribution is 2.24. The van der Waals surface area contributed by atoms with Gasteiger partial charge in [-0.15, -0.1) is 0 Å². The number of aromatic nitrogens is 2. The van der Waals surface area contributed by atoms with E-state index in [2.05, 4.69) is 20.6 Å². The highest BCUT2D eigenvalue weighted by Gasteiger charge is 2.43. The molecular weight excluding hydrogens is 339 g/mol. The summed E-state index contributed by atoms with van der Waals surface area (Å²) in [5.74, 6) is -0.217. The van der Waals surface area contributed by atoms with Crippen LogP contribution in [0.3, 0.4) is 0 Å². The van der Waals surface area contributed by atoms with Crippen LogP contribution < -0.4 is 16.2 Å². The number of aromatic amines is 1. The van der Waals surface area contributed by atoms with Gasteiger partial charge >= 0.3 is 6.18 Å². The Morgan fingerprint density at radius 1 is 1.32 bits per heavy atom. The van der Waals surface area contributed by atoms with Gasteiger partial charge in [-0.25, -0.2) is 4.98 Å². The quantitative estimate of drug-likeness (QED) is 0.681. The Labute approximate surface area is 143 Å². The molecule has 1 aromatic heterocycles. The molecule has 0 aromatic carbocycles. The summed E-state index contributed by atoms with van der Waals surface area (Å²) in [6, 6.07) is -1.74. The van der Waals surface area contributed by atoms with Crippen molar-refractivity contribution >= 4 is 5.91 Å². The topological polar surface area (TPSA) is 90.1 Å². The van der Waals surface area contributed by atoms with Crippen LogP contribution in [0.5, 0.6) is 0 Å². The van der Waals surface area contributed by atoms with Crippen molar-refractivity contribution in [2.75, 3.05) is 32.7 Å². The van der Waals surface area contributed by atoms with Gasteiger partial charge in [-0.3, -0.25) is 14.5 Å². The van der Waals surface area contributed by atoms with Crippen molar-refractivity contribution in [3.05, 3.63) is 27.4 Å². The molecule has 25 heavy (non-hydrogen) atoms. The average molecular weight is 361 g/mol. The molecule has 2 heterocycles. The van der Waals surface area contributed by atoms with Gasteiger partial charge in [-0.2, -0.15) is 13.2 Å². The fourth-order valence-corrected chi connectivity index (χ4v) is 2.84. The van der Waals surface area contributed by atoms with Gasteiger partial charge in [0.1, 0.15) is 11.9 Å². The molecule has 0 spiro atoms. The second-order valence-corrected chi connectivity index (χ2v) is 6.04. The van der Waals surface area contributed by atoms with Gasteiger partial charge in [0.05, 0.1) is 6.42 Å². The summed E-state index contributed by atoms with van der Waals surface area (Å²) in [6.07, 6.45) is -4.75. The number of H-pyrrole nitrogens is 1. The molecule has 0 radical (unpaired) electrons. The van der Waals surface area contributed by atoms with Gasteiger partial charge in [0.15, 0.2) is 0 Å². The SMILES string of the molecule is Cc1nc(C)c(CC(=O)NCC(N2CCNCC2)C(F)(F)F)c(=O)[nH]1. The van der Waals surface area contributed by atoms with Crippen molar-refractivity contribution < 1.29 is 18.0 Å².